The topological polar surface area (TPSA) is 432 Å². The van der Waals surface area contributed by atoms with Crippen LogP contribution in [-0.4, -0.2) is 137 Å². The number of nitrogens with one attached hydrogen (secondary N) is 2. The van der Waals surface area contributed by atoms with Crippen molar-refractivity contribution >= 4 is 70.2 Å². The van der Waals surface area contributed by atoms with Crippen LogP contribution in [0.25, 0.3) is 150 Å². The first-order valence-electron chi connectivity index (χ1n) is 43.9. The normalized spacial score (nSPS) is 11.3. The summed E-state index contributed by atoms with van der Waals surface area (Å²) in [6, 6.07) is 109. The van der Waals surface area contributed by atoms with E-state index >= 15 is 0 Å². The Labute approximate surface area is 833 Å². The van der Waals surface area contributed by atoms with Crippen molar-refractivity contribution in [1.29, 1.82) is 5.26 Å². The summed E-state index contributed by atoms with van der Waals surface area (Å²) in [5, 5.41) is 52.2. The molecular weight excluding hydrogens is 1850 g/mol. The molecule has 1 aliphatic rings. The van der Waals surface area contributed by atoms with Gasteiger partial charge in [-0.1, -0.05) is 303 Å². The Morgan fingerprint density at radius 2 is 0.671 bits per heavy atom. The predicted octanol–water partition coefficient (Wildman–Crippen LogP) is 20.5. The van der Waals surface area contributed by atoms with Gasteiger partial charge in [0.2, 0.25) is 29.6 Å². The Balaban J connectivity index is 0.000000149. The van der Waals surface area contributed by atoms with Crippen molar-refractivity contribution in [3.63, 3.8) is 0 Å². The lowest BCUT2D eigenvalue weighted by Gasteiger charge is -2.20. The van der Waals surface area contributed by atoms with Crippen LogP contribution in [0.1, 0.15) is 21.7 Å². The molecule has 7 aromatic heterocycles. The zero-order chi connectivity index (χ0) is 99.7. The second-order valence-electron chi connectivity index (χ2n) is 30.8. The van der Waals surface area contributed by atoms with E-state index in [1.807, 2.05) is 326 Å². The van der Waals surface area contributed by atoms with Crippen LogP contribution in [0.15, 0.2) is 355 Å². The maximum Gasteiger partial charge on any atom is 0.280 e. The smallest absolute Gasteiger partial charge is 0.280 e. The van der Waals surface area contributed by atoms with Gasteiger partial charge in [-0.3, -0.25) is 15.2 Å². The second kappa shape index (κ2) is 47.5. The number of aliphatic imine (C=N–C) groups is 2. The number of ether oxygens (including phenoxy) is 7. The van der Waals surface area contributed by atoms with E-state index in [4.69, 9.17) is 109 Å². The molecule has 0 amide bonds. The van der Waals surface area contributed by atoms with Crippen LogP contribution in [0, 0.1) is 18.0 Å². The first kappa shape index (κ1) is 100. The van der Waals surface area contributed by atoms with Crippen LogP contribution >= 0.6 is 24.0 Å². The quantitative estimate of drug-likeness (QED) is 0.00579. The number of hydrogen-bond acceptors (Lipinski definition) is 23. The molecule has 8 heterocycles. The largest absolute Gasteiger partial charge is 0.497 e. The van der Waals surface area contributed by atoms with Crippen LogP contribution in [-0.2, 0) is 13.0 Å². The van der Waals surface area contributed by atoms with Crippen LogP contribution in [0.3, 0.4) is 0 Å². The molecule has 716 valence electrons. The van der Waals surface area contributed by atoms with Crippen LogP contribution in [0.2, 0.25) is 5.15 Å². The first-order chi connectivity index (χ1) is 69.6. The molecule has 0 fully saturated rings. The Morgan fingerprint density at radius 1 is 0.392 bits per heavy atom. The van der Waals surface area contributed by atoms with Gasteiger partial charge in [-0.05, 0) is 93.0 Å². The van der Waals surface area contributed by atoms with E-state index in [1.54, 1.807) is 87.6 Å². The summed E-state index contributed by atoms with van der Waals surface area (Å²) in [5.74, 6) is 7.33. The average Bonchev–Trinajstić information content (AvgIpc) is 1.61. The van der Waals surface area contributed by atoms with Gasteiger partial charge in [0.15, 0.2) is 29.0 Å². The van der Waals surface area contributed by atoms with Crippen molar-refractivity contribution in [1.82, 2.24) is 64.5 Å². The maximum atomic E-state index is 13.9. The summed E-state index contributed by atoms with van der Waals surface area (Å²) in [6.07, 6.45) is 1.53. The van der Waals surface area contributed by atoms with Crippen molar-refractivity contribution in [3.8, 4) is 170 Å². The minimum absolute atomic E-state index is 0. The van der Waals surface area contributed by atoms with Gasteiger partial charge >= 0.3 is 0 Å². The van der Waals surface area contributed by atoms with Crippen molar-refractivity contribution in [2.75, 3.05) is 49.8 Å². The molecule has 0 unspecified atom stereocenters. The molecule has 0 spiro atoms. The number of carbonyl (C=O) groups is 1. The van der Waals surface area contributed by atoms with E-state index in [0.29, 0.717) is 96.3 Å². The fourth-order valence-electron chi connectivity index (χ4n) is 16.4. The lowest BCUT2D eigenvalue weighted by molar-refractivity contribution is 0.0958. The van der Waals surface area contributed by atoms with Gasteiger partial charge < -0.3 is 60.4 Å². The Bertz CT molecular complexity index is 7800. The average molecular weight is 1950 g/mol. The highest BCUT2D eigenvalue weighted by Gasteiger charge is 2.35. The van der Waals surface area contributed by atoms with E-state index in [0.717, 1.165) is 118 Å². The number of guanidine groups is 2. The van der Waals surface area contributed by atoms with Gasteiger partial charge in [-0.25, -0.2) is 43.4 Å². The van der Waals surface area contributed by atoms with Gasteiger partial charge in [0.25, 0.3) is 12.5 Å². The number of hydrogen-bond donors (Lipinski definition) is 9. The minimum Gasteiger partial charge on any atom is -0.497 e. The van der Waals surface area contributed by atoms with Crippen LogP contribution < -0.4 is 67.2 Å². The minimum atomic E-state index is -0.333. The van der Waals surface area contributed by atoms with Crippen molar-refractivity contribution in [2.24, 2.45) is 33.1 Å². The number of halogens is 2. The third-order valence-electron chi connectivity index (χ3n) is 22.7. The summed E-state index contributed by atoms with van der Waals surface area (Å²) in [4.78, 5) is 40.9. The molecule has 0 bridgehead atoms. The van der Waals surface area contributed by atoms with Crippen LogP contribution in [0.4, 0.5) is 5.82 Å². The molecule has 143 heavy (non-hydrogen) atoms. The molecular formula is C109H95Cl2N21O11. The third-order valence-corrected chi connectivity index (χ3v) is 22.9. The Kier molecular flexibility index (Phi) is 33.3. The van der Waals surface area contributed by atoms with Gasteiger partial charge in [0, 0.05) is 34.2 Å². The number of benzene rings is 12. The van der Waals surface area contributed by atoms with Gasteiger partial charge in [-0.2, -0.15) is 48.9 Å². The summed E-state index contributed by atoms with van der Waals surface area (Å²) < 4.78 is 45.4. The van der Waals surface area contributed by atoms with E-state index in [2.05, 4.69) is 26.5 Å². The summed E-state index contributed by atoms with van der Waals surface area (Å²) in [6.45, 7) is 7.68. The standard InChI is InChI=1S/C28H22N4O2.C27H24N6O3.C27H23N5O3.C26H20ClN3O2.CH2N2.ClH.H3NO/c1-29-18-23-24(20-14-16-22(33-2)17-15-20)28(34-3)32-27(30-23)25(19-10-6-4-7-11-19)26(31-32)21-12-8-5-9-13-21;1-35-20-15-13-18(14-16-20)22-24(30-27(28)32-34)29-25-21(17-9-5-3-6-10-17)23(19-11-7-4-8-12-19)31-33(25)26(22)36-2;1-35-20-14-12-18(13-15-20)23-21(29-27(28)31-34)16-22-24(17-8-4-2-5-9-17)25(30-32(22)26(23)33)19-10-6-3-7-11-19;1-31-20-15-13-18(14-16-20)22-24(27)28-25-21(17-9-5-3-6-10-17)23(19-11-7-4-8-12-19)29-30(25)26(22)32-2;2-1-3;;1-2/h4-17H,18H2,2-3H3;3-16,34H,1-2H3,(H3,28,29,30,32);2-15,34H,16H2,1H3,(H3,28,29,31);3-16H,1-2H3;2H2;1H;2H,1H2. The number of methoxy groups -OCH3 is 7. The molecule has 1 aliphatic heterocycles. The van der Waals surface area contributed by atoms with Crippen molar-refractivity contribution in [3.05, 3.63) is 379 Å². The molecule has 0 radical (unpaired) electrons. The number of hydroxylamine groups is 2. The number of allylic oxidation sites excluding steroid dienone is 2. The highest BCUT2D eigenvalue weighted by atomic mass is 35.5. The van der Waals surface area contributed by atoms with E-state index in [1.165, 1.54) is 10.9 Å². The summed E-state index contributed by atoms with van der Waals surface area (Å²) in [7, 11) is 11.3. The summed E-state index contributed by atoms with van der Waals surface area (Å²) >= 11 is 6.75. The highest BCUT2D eigenvalue weighted by molar-refractivity contribution is 6.32. The highest BCUT2D eigenvalue weighted by Crippen LogP contribution is 2.48. The number of aromatic nitrogens is 11. The van der Waals surface area contributed by atoms with Gasteiger partial charge in [0.1, 0.15) is 56.6 Å². The lowest BCUT2D eigenvalue weighted by Crippen LogP contribution is -2.30. The molecule has 0 atom stereocenters. The molecule has 19 aromatic rings. The molecule has 32 nitrogen and oxygen atoms in total. The maximum absolute atomic E-state index is 13.9. The third kappa shape index (κ3) is 21.6. The van der Waals surface area contributed by atoms with E-state index in [-0.39, 0.29) is 49.0 Å². The van der Waals surface area contributed by atoms with Gasteiger partial charge in [0.05, 0.1) is 100 Å². The summed E-state index contributed by atoms with van der Waals surface area (Å²) in [5.41, 5.74) is 42.7. The molecule has 0 aliphatic carbocycles. The molecule has 34 heteroatoms. The van der Waals surface area contributed by atoms with Crippen LogP contribution in [0.5, 0.6) is 40.6 Å². The number of fused-ring (bicyclic) bond motifs is 4. The van der Waals surface area contributed by atoms with Crippen molar-refractivity contribution in [2.45, 2.75) is 13.0 Å². The zero-order valence-electron chi connectivity index (χ0n) is 78.2. The fraction of sp³-hybridized carbons (Fsp3) is 0.0826. The Hall–Kier alpha value is -18.5. The fourth-order valence-corrected chi connectivity index (χ4v) is 16.7. The van der Waals surface area contributed by atoms with Crippen molar-refractivity contribution < 1.29 is 53.6 Å². The number of carbonyl (C=O) groups excluding carboxylic acids is 1. The predicted molar refractivity (Wildman–Crippen MR) is 556 cm³/mol. The Morgan fingerprint density at radius 3 is 1.01 bits per heavy atom. The van der Waals surface area contributed by atoms with E-state index in [9.17, 15) is 15.2 Å². The molecule has 0 saturated heterocycles. The molecule has 13 N–H and O–H groups in total. The number of nitriles is 1. The molecule has 12 aromatic carbocycles. The molecule has 0 saturated carbocycles. The van der Waals surface area contributed by atoms with E-state index < -0.39 is 0 Å². The second-order valence-corrected chi connectivity index (χ2v) is 31.2. The number of rotatable bonds is 22. The monoisotopic (exact) mass is 1940 g/mol. The van der Waals surface area contributed by atoms with Gasteiger partial charge in [-0.15, -0.1) is 12.4 Å². The zero-order valence-corrected chi connectivity index (χ0v) is 79.7. The number of nitrogens with zero attached hydrogens (tertiary/aromatic N) is 15. The SMILES string of the molecule is COc1ccc(-c2c(Cl)nc3c(-c4ccccc4)c(-c4ccccc4)nn3c2OC)cc1.COc1ccc(-c2c(N=C(N)NO)nc3c(-c4ccccc4)c(-c4ccccc4)nn3c2OC)cc1.COc1ccc(C2=C(N=C(N)NO)Cc3c(-c4ccccc4)c(-c4ccccc4)nn3C2=O)cc1.Cl.N#CN.NO.[C-]#[N+]Cc1nc2c(-c3ccccc3)c(-c3ccccc3)nn2c(OC)c1-c1ccc(OC)cc1. The molecule has 20 rings (SSSR count). The lowest BCUT2D eigenvalue weighted by atomic mass is 9.93. The first-order valence-corrected chi connectivity index (χ1v) is 44.2. The number of nitrogens with two attached hydrogens (primary N) is 4.